The Morgan fingerprint density at radius 1 is 1.32 bits per heavy atom. The van der Waals surface area contributed by atoms with Crippen molar-refractivity contribution >= 4 is 45.9 Å². The number of nitrogens with one attached hydrogen (secondary N) is 1. The van der Waals surface area contributed by atoms with Crippen LogP contribution in [0.3, 0.4) is 0 Å². The van der Waals surface area contributed by atoms with E-state index in [-0.39, 0.29) is 23.5 Å². The Bertz CT molecular complexity index is 1510. The molecule has 1 amide bonds. The highest BCUT2D eigenvalue weighted by molar-refractivity contribution is 7.18. The highest BCUT2D eigenvalue weighted by Gasteiger charge is 2.28. The van der Waals surface area contributed by atoms with Crippen LogP contribution in [0.1, 0.15) is 34.6 Å². The number of nitrogen functional groups attached to an aromatic ring is 1. The maximum Gasteiger partial charge on any atom is 0.280 e. The van der Waals surface area contributed by atoms with Gasteiger partial charge < -0.3 is 25.6 Å². The Hall–Kier alpha value is -3.55. The number of anilines is 2. The number of ether oxygens (including phenoxy) is 1. The molecule has 0 radical (unpaired) electrons. The monoisotopic (exact) mass is 590 g/mol. The van der Waals surface area contributed by atoms with Crippen molar-refractivity contribution in [3.8, 4) is 17.0 Å². The lowest BCUT2D eigenvalue weighted by Crippen LogP contribution is -2.47. The van der Waals surface area contributed by atoms with E-state index >= 15 is 0 Å². The Morgan fingerprint density at radius 3 is 2.92 bits per heavy atom. The normalized spacial score (nSPS) is 15.8. The molecule has 0 spiro atoms. The third kappa shape index (κ3) is 5.96. The van der Waals surface area contributed by atoms with Gasteiger partial charge in [-0.3, -0.25) is 9.78 Å². The summed E-state index contributed by atoms with van der Waals surface area (Å²) < 4.78 is 34.6. The van der Waals surface area contributed by atoms with Crippen LogP contribution in [0.2, 0.25) is 4.34 Å². The second-order valence-electron chi connectivity index (χ2n) is 9.74. The van der Waals surface area contributed by atoms with Crippen LogP contribution in [-0.2, 0) is 0 Å². The maximum atomic E-state index is 13.4. The molecular weight excluding hydrogens is 562 g/mol. The Morgan fingerprint density at radius 2 is 2.15 bits per heavy atom. The number of hydrogen-bond acceptors (Lipinski definition) is 9. The van der Waals surface area contributed by atoms with E-state index in [2.05, 4.69) is 25.3 Å². The number of halogens is 3. The molecule has 212 valence electrons. The van der Waals surface area contributed by atoms with Crippen molar-refractivity contribution < 1.29 is 18.3 Å². The Labute approximate surface area is 238 Å². The first-order valence-electron chi connectivity index (χ1n) is 12.7. The van der Waals surface area contributed by atoms with E-state index < -0.39 is 6.43 Å². The van der Waals surface area contributed by atoms with Crippen molar-refractivity contribution in [2.75, 3.05) is 51.0 Å². The molecule has 3 N–H and O–H groups in total. The summed E-state index contributed by atoms with van der Waals surface area (Å²) in [6.45, 7) is 2.35. The summed E-state index contributed by atoms with van der Waals surface area (Å²) in [5.41, 5.74) is 8.40. The quantitative estimate of drug-likeness (QED) is 0.295. The van der Waals surface area contributed by atoms with Gasteiger partial charge in [0.15, 0.2) is 5.82 Å². The summed E-state index contributed by atoms with van der Waals surface area (Å²) in [6.07, 6.45) is 1.57. The number of carbonyl (C=O) groups is 1. The zero-order valence-corrected chi connectivity index (χ0v) is 23.6. The number of fused-ring (bicyclic) bond motifs is 1. The molecule has 0 aromatic carbocycles. The fourth-order valence-corrected chi connectivity index (χ4v) is 5.80. The molecule has 0 bridgehead atoms. The van der Waals surface area contributed by atoms with Crippen LogP contribution >= 0.6 is 22.9 Å². The summed E-state index contributed by atoms with van der Waals surface area (Å²) in [4.78, 5) is 25.7. The van der Waals surface area contributed by atoms with E-state index in [1.54, 1.807) is 16.6 Å². The van der Waals surface area contributed by atoms with Gasteiger partial charge in [-0.25, -0.2) is 18.3 Å². The van der Waals surface area contributed by atoms with E-state index in [4.69, 9.17) is 22.1 Å². The fraction of sp³-hybridized carbons (Fsp3) is 0.385. The number of thiophene rings is 1. The van der Waals surface area contributed by atoms with Crippen molar-refractivity contribution in [3.63, 3.8) is 0 Å². The smallest absolute Gasteiger partial charge is 0.280 e. The van der Waals surface area contributed by atoms with Crippen molar-refractivity contribution in [3.05, 3.63) is 51.7 Å². The first-order chi connectivity index (χ1) is 19.2. The van der Waals surface area contributed by atoms with Crippen molar-refractivity contribution in [2.45, 2.75) is 25.3 Å². The van der Waals surface area contributed by atoms with E-state index in [1.807, 2.05) is 25.1 Å². The molecule has 40 heavy (non-hydrogen) atoms. The Balaban J connectivity index is 1.38. The molecule has 14 heteroatoms. The van der Waals surface area contributed by atoms with Gasteiger partial charge in [0.1, 0.15) is 34.8 Å². The van der Waals surface area contributed by atoms with Crippen LogP contribution in [0, 0.1) is 0 Å². The van der Waals surface area contributed by atoms with Gasteiger partial charge in [-0.05, 0) is 45.1 Å². The number of rotatable bonds is 9. The molecule has 1 atom stereocenters. The SMILES string of the molecule is CN(C)CCOc1cc(Cl)sc1C(=O)N[C@@H]1CCCN(c2cc(-c3ccnc(C(F)F)c3)n3ncnc(N)c23)C1. The molecule has 1 aliphatic heterocycles. The van der Waals surface area contributed by atoms with Gasteiger partial charge in [0.25, 0.3) is 12.3 Å². The first-order valence-corrected chi connectivity index (χ1v) is 13.9. The molecule has 1 fully saturated rings. The predicted octanol–water partition coefficient (Wildman–Crippen LogP) is 4.37. The maximum absolute atomic E-state index is 13.4. The van der Waals surface area contributed by atoms with Gasteiger partial charge in [0, 0.05) is 43.5 Å². The van der Waals surface area contributed by atoms with Crippen molar-refractivity contribution in [1.29, 1.82) is 0 Å². The highest BCUT2D eigenvalue weighted by Crippen LogP contribution is 2.36. The van der Waals surface area contributed by atoms with E-state index in [0.717, 1.165) is 18.5 Å². The van der Waals surface area contributed by atoms with Crippen LogP contribution in [0.4, 0.5) is 20.3 Å². The molecule has 5 heterocycles. The number of carbonyl (C=O) groups excluding carboxylic acids is 1. The van der Waals surface area contributed by atoms with Crippen LogP contribution in [0.25, 0.3) is 16.8 Å². The number of nitrogens with two attached hydrogens (primary N) is 1. The first kappa shape index (κ1) is 28.0. The lowest BCUT2D eigenvalue weighted by Gasteiger charge is -2.34. The number of hydrogen-bond donors (Lipinski definition) is 2. The average molecular weight is 591 g/mol. The minimum absolute atomic E-state index is 0.160. The number of piperidine rings is 1. The topological polar surface area (TPSA) is 114 Å². The Kier molecular flexibility index (Phi) is 8.33. The summed E-state index contributed by atoms with van der Waals surface area (Å²) >= 11 is 7.40. The molecule has 5 rings (SSSR count). The minimum atomic E-state index is -2.70. The van der Waals surface area contributed by atoms with E-state index in [0.29, 0.717) is 58.0 Å². The van der Waals surface area contributed by atoms with E-state index in [9.17, 15) is 13.6 Å². The third-order valence-electron chi connectivity index (χ3n) is 6.63. The standard InChI is InChI=1S/C26H29ClF2N8O2S/c1-35(2)8-9-39-20-12-21(27)40-23(20)26(38)34-16-4-3-7-36(13-16)19-11-18(37-22(19)25(30)32-14-33-37)15-5-6-31-17(10-15)24(28)29/h5-6,10-12,14,16,24H,3-4,7-9,13H2,1-2H3,(H,34,38)(H2,30,32,33)/t16-/m1/s1. The number of pyridine rings is 1. The van der Waals surface area contributed by atoms with Gasteiger partial charge >= 0.3 is 0 Å². The molecule has 1 aliphatic rings. The number of nitrogens with zero attached hydrogens (tertiary/aromatic N) is 6. The summed E-state index contributed by atoms with van der Waals surface area (Å²) in [5, 5.41) is 7.48. The molecule has 4 aromatic rings. The lowest BCUT2D eigenvalue weighted by atomic mass is 10.0. The summed E-state index contributed by atoms with van der Waals surface area (Å²) in [6, 6.07) is 6.37. The molecule has 0 aliphatic carbocycles. The second-order valence-corrected chi connectivity index (χ2v) is 11.4. The fourth-order valence-electron chi connectivity index (χ4n) is 4.74. The largest absolute Gasteiger partial charge is 0.490 e. The van der Waals surface area contributed by atoms with Gasteiger partial charge in [0.2, 0.25) is 0 Å². The van der Waals surface area contributed by atoms with Crippen molar-refractivity contribution in [1.82, 2.24) is 29.8 Å². The second kappa shape index (κ2) is 11.9. The molecule has 0 saturated carbocycles. The molecule has 1 saturated heterocycles. The van der Waals surface area contributed by atoms with Gasteiger partial charge in [0.05, 0.1) is 15.7 Å². The molecule has 4 aromatic heterocycles. The van der Waals surface area contributed by atoms with Crippen LogP contribution in [-0.4, -0.2) is 76.8 Å². The van der Waals surface area contributed by atoms with Crippen LogP contribution in [0.15, 0.2) is 36.8 Å². The van der Waals surface area contributed by atoms with Crippen LogP contribution < -0.4 is 20.7 Å². The number of likely N-dealkylation sites (N-methyl/N-ethyl adjacent to an activating group) is 1. The van der Waals surface area contributed by atoms with E-state index in [1.165, 1.54) is 29.9 Å². The lowest BCUT2D eigenvalue weighted by molar-refractivity contribution is 0.0933. The zero-order valence-electron chi connectivity index (χ0n) is 22.0. The number of aromatic nitrogens is 4. The average Bonchev–Trinajstić information content (AvgIpc) is 3.50. The predicted molar refractivity (Wildman–Crippen MR) is 152 cm³/mol. The van der Waals surface area contributed by atoms with Gasteiger partial charge in [-0.15, -0.1) is 11.3 Å². The molecule has 0 unspecified atom stereocenters. The zero-order chi connectivity index (χ0) is 28.4. The molecule has 10 nitrogen and oxygen atoms in total. The van der Waals surface area contributed by atoms with Crippen molar-refractivity contribution in [2.24, 2.45) is 0 Å². The van der Waals surface area contributed by atoms with Gasteiger partial charge in [-0.2, -0.15) is 5.10 Å². The molecular formula is C26H29ClF2N8O2S. The summed E-state index contributed by atoms with van der Waals surface area (Å²) in [5.74, 6) is 0.485. The highest BCUT2D eigenvalue weighted by atomic mass is 35.5. The van der Waals surface area contributed by atoms with Crippen LogP contribution in [0.5, 0.6) is 5.75 Å². The number of alkyl halides is 2. The minimum Gasteiger partial charge on any atom is -0.490 e. The number of amides is 1. The summed E-state index contributed by atoms with van der Waals surface area (Å²) in [7, 11) is 3.89. The van der Waals surface area contributed by atoms with Gasteiger partial charge in [-0.1, -0.05) is 11.6 Å². The third-order valence-corrected chi connectivity index (χ3v) is 7.87.